The average molecular weight is 221 g/mol. The summed E-state index contributed by atoms with van der Waals surface area (Å²) in [5.74, 6) is 0.178. The van der Waals surface area contributed by atoms with Crippen molar-refractivity contribution in [2.75, 3.05) is 6.54 Å². The second-order valence-corrected chi connectivity index (χ2v) is 3.59. The van der Waals surface area contributed by atoms with Crippen molar-refractivity contribution in [2.24, 2.45) is 12.8 Å². The fourth-order valence-corrected chi connectivity index (χ4v) is 1.64. The molecule has 1 aromatic heterocycles. The summed E-state index contributed by atoms with van der Waals surface area (Å²) in [5.41, 5.74) is 5.63. The van der Waals surface area contributed by atoms with E-state index in [1.54, 1.807) is 7.05 Å². The van der Waals surface area contributed by atoms with Crippen molar-refractivity contribution < 1.29 is 4.39 Å². The van der Waals surface area contributed by atoms with Gasteiger partial charge in [0.05, 0.1) is 10.9 Å². The van der Waals surface area contributed by atoms with Crippen LogP contribution in [0.4, 0.5) is 4.39 Å². The van der Waals surface area contributed by atoms with Gasteiger partial charge < -0.3 is 5.73 Å². The molecule has 0 aliphatic heterocycles. The van der Waals surface area contributed by atoms with Crippen molar-refractivity contribution in [3.63, 3.8) is 0 Å². The zero-order valence-corrected chi connectivity index (χ0v) is 8.90. The zero-order chi connectivity index (χ0) is 11.7. The molecule has 1 heterocycles. The first kappa shape index (κ1) is 10.8. The maximum absolute atomic E-state index is 13.0. The highest BCUT2D eigenvalue weighted by Crippen LogP contribution is 2.10. The highest BCUT2D eigenvalue weighted by Gasteiger charge is 2.07. The Labute approximate surface area is 91.5 Å². The molecule has 1 aromatic carbocycles. The SMILES string of the molecule is Cn1c(CCN)nc2cc(F)ccc2c1=O. The van der Waals surface area contributed by atoms with Crippen LogP contribution in [0.2, 0.25) is 0 Å². The summed E-state index contributed by atoms with van der Waals surface area (Å²) in [7, 11) is 1.64. The normalized spacial score (nSPS) is 10.9. The molecule has 0 saturated heterocycles. The standard InChI is InChI=1S/C11H12FN3O/c1-15-10(4-5-13)14-9-6-7(12)2-3-8(9)11(15)16/h2-3,6H,4-5,13H2,1H3. The maximum Gasteiger partial charge on any atom is 0.261 e. The van der Waals surface area contributed by atoms with Crippen molar-refractivity contribution in [3.8, 4) is 0 Å². The van der Waals surface area contributed by atoms with Gasteiger partial charge in [0, 0.05) is 19.5 Å². The third-order valence-electron chi connectivity index (χ3n) is 2.50. The zero-order valence-electron chi connectivity index (χ0n) is 8.90. The molecule has 84 valence electrons. The van der Waals surface area contributed by atoms with E-state index in [-0.39, 0.29) is 5.56 Å². The number of fused-ring (bicyclic) bond motifs is 1. The summed E-state index contributed by atoms with van der Waals surface area (Å²) in [6.07, 6.45) is 0.498. The Hall–Kier alpha value is -1.75. The van der Waals surface area contributed by atoms with Gasteiger partial charge in [-0.25, -0.2) is 9.37 Å². The van der Waals surface area contributed by atoms with Crippen LogP contribution < -0.4 is 11.3 Å². The Morgan fingerprint density at radius 2 is 2.25 bits per heavy atom. The van der Waals surface area contributed by atoms with Gasteiger partial charge in [-0.1, -0.05) is 0 Å². The molecule has 0 fully saturated rings. The van der Waals surface area contributed by atoms with E-state index in [4.69, 9.17) is 5.73 Å². The highest BCUT2D eigenvalue weighted by molar-refractivity contribution is 5.77. The minimum absolute atomic E-state index is 0.173. The predicted molar refractivity (Wildman–Crippen MR) is 59.7 cm³/mol. The van der Waals surface area contributed by atoms with Crippen LogP contribution in [-0.2, 0) is 13.5 Å². The lowest BCUT2D eigenvalue weighted by Crippen LogP contribution is -2.24. The van der Waals surface area contributed by atoms with Crippen molar-refractivity contribution >= 4 is 10.9 Å². The Morgan fingerprint density at radius 3 is 2.94 bits per heavy atom. The number of hydrogen-bond acceptors (Lipinski definition) is 3. The van der Waals surface area contributed by atoms with Gasteiger partial charge in [0.25, 0.3) is 5.56 Å². The second kappa shape index (κ2) is 4.02. The molecule has 0 aliphatic carbocycles. The van der Waals surface area contributed by atoms with Crippen LogP contribution in [0.15, 0.2) is 23.0 Å². The number of halogens is 1. The molecule has 2 rings (SSSR count). The van der Waals surface area contributed by atoms with Crippen LogP contribution in [0.3, 0.4) is 0 Å². The topological polar surface area (TPSA) is 60.9 Å². The van der Waals surface area contributed by atoms with Gasteiger partial charge in [-0.05, 0) is 18.7 Å². The Kier molecular flexibility index (Phi) is 2.70. The molecule has 0 bridgehead atoms. The molecule has 2 N–H and O–H groups in total. The van der Waals surface area contributed by atoms with E-state index in [0.717, 1.165) is 0 Å². The smallest absolute Gasteiger partial charge is 0.261 e. The number of benzene rings is 1. The second-order valence-electron chi connectivity index (χ2n) is 3.59. The molecule has 0 unspecified atom stereocenters. The molecule has 0 radical (unpaired) electrons. The van der Waals surface area contributed by atoms with Crippen LogP contribution in [0, 0.1) is 5.82 Å². The summed E-state index contributed by atoms with van der Waals surface area (Å²) < 4.78 is 14.5. The Balaban J connectivity index is 2.78. The molecule has 5 heteroatoms. The largest absolute Gasteiger partial charge is 0.330 e. The first-order valence-corrected chi connectivity index (χ1v) is 4.98. The van der Waals surface area contributed by atoms with E-state index in [9.17, 15) is 9.18 Å². The van der Waals surface area contributed by atoms with E-state index in [1.165, 1.54) is 22.8 Å². The predicted octanol–water partition coefficient (Wildman–Crippen LogP) is 0.574. The fraction of sp³-hybridized carbons (Fsp3) is 0.273. The lowest BCUT2D eigenvalue weighted by Gasteiger charge is -2.07. The summed E-state index contributed by atoms with van der Waals surface area (Å²) in [5, 5.41) is 0.421. The fourth-order valence-electron chi connectivity index (χ4n) is 1.64. The number of nitrogens with zero attached hydrogens (tertiary/aromatic N) is 2. The molecule has 0 atom stereocenters. The van der Waals surface area contributed by atoms with Crippen molar-refractivity contribution in [2.45, 2.75) is 6.42 Å². The van der Waals surface area contributed by atoms with Crippen molar-refractivity contribution in [1.29, 1.82) is 0 Å². The quantitative estimate of drug-likeness (QED) is 0.806. The molecule has 0 amide bonds. The average Bonchev–Trinajstić information content (AvgIpc) is 2.25. The monoisotopic (exact) mass is 221 g/mol. The van der Waals surface area contributed by atoms with Gasteiger partial charge in [0.15, 0.2) is 0 Å². The first-order valence-electron chi connectivity index (χ1n) is 4.98. The van der Waals surface area contributed by atoms with Gasteiger partial charge in [0.2, 0.25) is 0 Å². The van der Waals surface area contributed by atoms with E-state index in [2.05, 4.69) is 4.98 Å². The molecular formula is C11H12FN3O. The van der Waals surface area contributed by atoms with Crippen LogP contribution >= 0.6 is 0 Å². The van der Waals surface area contributed by atoms with E-state index < -0.39 is 5.82 Å². The van der Waals surface area contributed by atoms with E-state index in [0.29, 0.717) is 29.7 Å². The number of nitrogens with two attached hydrogens (primary N) is 1. The molecule has 16 heavy (non-hydrogen) atoms. The third-order valence-corrected chi connectivity index (χ3v) is 2.50. The van der Waals surface area contributed by atoms with Gasteiger partial charge in [-0.15, -0.1) is 0 Å². The van der Waals surface area contributed by atoms with Gasteiger partial charge >= 0.3 is 0 Å². The molecule has 0 saturated carbocycles. The lowest BCUT2D eigenvalue weighted by molar-refractivity contribution is 0.628. The Morgan fingerprint density at radius 1 is 1.50 bits per heavy atom. The summed E-state index contributed by atoms with van der Waals surface area (Å²) in [6, 6.07) is 3.97. The van der Waals surface area contributed by atoms with Crippen LogP contribution in [0.25, 0.3) is 10.9 Å². The molecular weight excluding hydrogens is 209 g/mol. The number of hydrogen-bond donors (Lipinski definition) is 1. The molecule has 2 aromatic rings. The van der Waals surface area contributed by atoms with Crippen LogP contribution in [-0.4, -0.2) is 16.1 Å². The minimum Gasteiger partial charge on any atom is -0.330 e. The highest BCUT2D eigenvalue weighted by atomic mass is 19.1. The van der Waals surface area contributed by atoms with Crippen molar-refractivity contribution in [1.82, 2.24) is 9.55 Å². The Bertz CT molecular complexity index is 592. The molecule has 0 aliphatic rings. The van der Waals surface area contributed by atoms with Crippen LogP contribution in [0.1, 0.15) is 5.82 Å². The summed E-state index contributed by atoms with van der Waals surface area (Å²) in [4.78, 5) is 16.1. The lowest BCUT2D eigenvalue weighted by atomic mass is 10.2. The van der Waals surface area contributed by atoms with Gasteiger partial charge in [0.1, 0.15) is 11.6 Å². The third kappa shape index (κ3) is 1.69. The summed E-state index contributed by atoms with van der Waals surface area (Å²) in [6.45, 7) is 0.404. The van der Waals surface area contributed by atoms with Crippen molar-refractivity contribution in [3.05, 3.63) is 40.2 Å². The molecule has 0 spiro atoms. The summed E-state index contributed by atoms with van der Waals surface area (Å²) >= 11 is 0. The first-order chi connectivity index (χ1) is 7.63. The van der Waals surface area contributed by atoms with Gasteiger partial charge in [-0.3, -0.25) is 9.36 Å². The van der Waals surface area contributed by atoms with Gasteiger partial charge in [-0.2, -0.15) is 0 Å². The van der Waals surface area contributed by atoms with E-state index >= 15 is 0 Å². The maximum atomic E-state index is 13.0. The van der Waals surface area contributed by atoms with Crippen LogP contribution in [0.5, 0.6) is 0 Å². The van der Waals surface area contributed by atoms with E-state index in [1.807, 2.05) is 0 Å². The minimum atomic E-state index is -0.396. The number of rotatable bonds is 2. The molecule has 4 nitrogen and oxygen atoms in total. The number of aromatic nitrogens is 2.